The van der Waals surface area contributed by atoms with E-state index in [9.17, 15) is 9.59 Å². The second-order valence-corrected chi connectivity index (χ2v) is 5.57. The third kappa shape index (κ3) is 3.80. The van der Waals surface area contributed by atoms with Crippen molar-refractivity contribution in [1.82, 2.24) is 20.0 Å². The summed E-state index contributed by atoms with van der Waals surface area (Å²) in [6.45, 7) is 1.67. The molecule has 1 N–H and O–H groups in total. The monoisotopic (exact) mass is 316 g/mol. The first kappa shape index (κ1) is 15.3. The molecule has 0 saturated carbocycles. The van der Waals surface area contributed by atoms with E-state index in [0.717, 1.165) is 13.0 Å². The highest BCUT2D eigenvalue weighted by Crippen LogP contribution is 2.21. The maximum atomic E-state index is 12.3. The minimum atomic E-state index is -0.405. The summed E-state index contributed by atoms with van der Waals surface area (Å²) in [5.41, 5.74) is 0. The number of furan rings is 1. The number of hydrogen-bond donors (Lipinski definition) is 1. The molecule has 1 fully saturated rings. The molecule has 1 aliphatic rings. The van der Waals surface area contributed by atoms with Crippen LogP contribution in [0.25, 0.3) is 0 Å². The molecule has 0 aromatic carbocycles. The van der Waals surface area contributed by atoms with E-state index in [0.29, 0.717) is 31.7 Å². The molecule has 1 aliphatic heterocycles. The van der Waals surface area contributed by atoms with Gasteiger partial charge in [-0.2, -0.15) is 5.10 Å². The summed E-state index contributed by atoms with van der Waals surface area (Å²) in [6.07, 6.45) is 6.96. The molecule has 0 spiro atoms. The Balaban J connectivity index is 1.48. The van der Waals surface area contributed by atoms with E-state index in [1.165, 1.54) is 0 Å². The van der Waals surface area contributed by atoms with Crippen molar-refractivity contribution in [2.75, 3.05) is 6.54 Å². The van der Waals surface area contributed by atoms with Crippen LogP contribution >= 0.6 is 0 Å². The molecular formula is C16H20N4O3. The van der Waals surface area contributed by atoms with Gasteiger partial charge in [-0.1, -0.05) is 0 Å². The molecule has 0 bridgehead atoms. The van der Waals surface area contributed by atoms with E-state index in [-0.39, 0.29) is 11.8 Å². The highest BCUT2D eigenvalue weighted by atomic mass is 16.3. The summed E-state index contributed by atoms with van der Waals surface area (Å²) in [6, 6.07) is 5.05. The predicted molar refractivity (Wildman–Crippen MR) is 82.1 cm³/mol. The zero-order valence-corrected chi connectivity index (χ0v) is 12.9. The normalized spacial score (nSPS) is 17.7. The van der Waals surface area contributed by atoms with E-state index < -0.39 is 6.04 Å². The Morgan fingerprint density at radius 3 is 3.09 bits per heavy atom. The van der Waals surface area contributed by atoms with Crippen LogP contribution in [0.1, 0.15) is 25.0 Å². The third-order valence-corrected chi connectivity index (χ3v) is 3.96. The van der Waals surface area contributed by atoms with Crippen molar-refractivity contribution in [2.45, 2.75) is 38.4 Å². The number of aryl methyl sites for hydroxylation is 1. The van der Waals surface area contributed by atoms with Gasteiger partial charge in [0.1, 0.15) is 11.8 Å². The zero-order valence-electron chi connectivity index (χ0n) is 12.9. The fourth-order valence-corrected chi connectivity index (χ4v) is 2.78. The number of rotatable bonds is 7. The fourth-order valence-electron chi connectivity index (χ4n) is 2.78. The standard InChI is InChI=1S/C16H20N4O3/c21-15-6-5-14(20(15)12-13-4-1-11-23-13)16(22)17-7-2-9-19-10-3-8-18-19/h1,3-4,8,10-11,14H,2,5-7,9,12H2,(H,17,22)/t14-/m1/s1. The molecule has 2 aromatic rings. The molecule has 2 aromatic heterocycles. The maximum Gasteiger partial charge on any atom is 0.242 e. The molecule has 3 heterocycles. The largest absolute Gasteiger partial charge is 0.467 e. The van der Waals surface area contributed by atoms with E-state index >= 15 is 0 Å². The minimum absolute atomic E-state index is 0.00177. The molecule has 3 rings (SSSR count). The van der Waals surface area contributed by atoms with Gasteiger partial charge in [0.25, 0.3) is 0 Å². The quantitative estimate of drug-likeness (QED) is 0.778. The van der Waals surface area contributed by atoms with Crippen LogP contribution in [0, 0.1) is 0 Å². The van der Waals surface area contributed by atoms with Gasteiger partial charge in [0.15, 0.2) is 0 Å². The number of nitrogens with zero attached hydrogens (tertiary/aromatic N) is 3. The molecule has 7 heteroatoms. The van der Waals surface area contributed by atoms with Crippen molar-refractivity contribution in [3.8, 4) is 0 Å². The van der Waals surface area contributed by atoms with Gasteiger partial charge in [-0.25, -0.2) is 0 Å². The fraction of sp³-hybridized carbons (Fsp3) is 0.438. The lowest BCUT2D eigenvalue weighted by Gasteiger charge is -2.23. The van der Waals surface area contributed by atoms with Crippen LogP contribution in [0.3, 0.4) is 0 Å². The average molecular weight is 316 g/mol. The van der Waals surface area contributed by atoms with E-state index in [4.69, 9.17) is 4.42 Å². The van der Waals surface area contributed by atoms with Gasteiger partial charge in [-0.3, -0.25) is 14.3 Å². The highest BCUT2D eigenvalue weighted by Gasteiger charge is 2.36. The van der Waals surface area contributed by atoms with Crippen LogP contribution in [0.4, 0.5) is 0 Å². The SMILES string of the molecule is O=C(NCCCn1cccn1)[C@H]1CCC(=O)N1Cc1ccco1. The number of hydrogen-bond acceptors (Lipinski definition) is 4. The summed E-state index contributed by atoms with van der Waals surface area (Å²) in [4.78, 5) is 25.9. The van der Waals surface area contributed by atoms with E-state index in [2.05, 4.69) is 10.4 Å². The first-order valence-corrected chi connectivity index (χ1v) is 7.81. The minimum Gasteiger partial charge on any atom is -0.467 e. The van der Waals surface area contributed by atoms with Crippen LogP contribution in [-0.4, -0.2) is 39.1 Å². The molecule has 0 aliphatic carbocycles. The predicted octanol–water partition coefficient (Wildman–Crippen LogP) is 1.17. The Bertz CT molecular complexity index is 636. The van der Waals surface area contributed by atoms with Crippen LogP contribution in [0.5, 0.6) is 0 Å². The van der Waals surface area contributed by atoms with Crippen molar-refractivity contribution in [1.29, 1.82) is 0 Å². The van der Waals surface area contributed by atoms with Gasteiger partial charge in [0.2, 0.25) is 11.8 Å². The Morgan fingerprint density at radius 2 is 2.35 bits per heavy atom. The molecule has 0 unspecified atom stereocenters. The summed E-state index contributed by atoms with van der Waals surface area (Å²) < 4.78 is 7.10. The topological polar surface area (TPSA) is 80.4 Å². The lowest BCUT2D eigenvalue weighted by Crippen LogP contribution is -2.44. The van der Waals surface area contributed by atoms with Crippen molar-refractivity contribution in [3.05, 3.63) is 42.6 Å². The third-order valence-electron chi connectivity index (χ3n) is 3.96. The maximum absolute atomic E-state index is 12.3. The lowest BCUT2D eigenvalue weighted by molar-refractivity contribution is -0.136. The van der Waals surface area contributed by atoms with Crippen molar-refractivity contribution >= 4 is 11.8 Å². The van der Waals surface area contributed by atoms with E-state index in [1.807, 2.05) is 23.0 Å². The van der Waals surface area contributed by atoms with Crippen LogP contribution < -0.4 is 5.32 Å². The molecule has 0 radical (unpaired) electrons. The Labute approximate surface area is 134 Å². The van der Waals surface area contributed by atoms with Crippen molar-refractivity contribution < 1.29 is 14.0 Å². The van der Waals surface area contributed by atoms with Gasteiger partial charge in [-0.05, 0) is 31.0 Å². The van der Waals surface area contributed by atoms with Gasteiger partial charge < -0.3 is 14.6 Å². The first-order chi connectivity index (χ1) is 11.2. The number of amides is 2. The summed E-state index contributed by atoms with van der Waals surface area (Å²) in [7, 11) is 0. The number of carbonyl (C=O) groups is 2. The molecule has 1 atom stereocenters. The Morgan fingerprint density at radius 1 is 1.43 bits per heavy atom. The number of carbonyl (C=O) groups excluding carboxylic acids is 2. The number of likely N-dealkylation sites (tertiary alicyclic amines) is 1. The second-order valence-electron chi connectivity index (χ2n) is 5.57. The number of nitrogens with one attached hydrogen (secondary N) is 1. The van der Waals surface area contributed by atoms with Crippen molar-refractivity contribution in [2.24, 2.45) is 0 Å². The smallest absolute Gasteiger partial charge is 0.242 e. The summed E-state index contributed by atoms with van der Waals surface area (Å²) >= 11 is 0. The van der Waals surface area contributed by atoms with Crippen LogP contribution in [0.15, 0.2) is 41.3 Å². The molecule has 7 nitrogen and oxygen atoms in total. The molecule has 1 saturated heterocycles. The van der Waals surface area contributed by atoms with Gasteiger partial charge >= 0.3 is 0 Å². The lowest BCUT2D eigenvalue weighted by atomic mass is 10.2. The van der Waals surface area contributed by atoms with Gasteiger partial charge in [0, 0.05) is 31.9 Å². The number of aromatic nitrogens is 2. The van der Waals surface area contributed by atoms with Crippen LogP contribution in [-0.2, 0) is 22.7 Å². The highest BCUT2D eigenvalue weighted by molar-refractivity contribution is 5.90. The Hall–Kier alpha value is -2.57. The molecule has 23 heavy (non-hydrogen) atoms. The van der Waals surface area contributed by atoms with Crippen molar-refractivity contribution in [3.63, 3.8) is 0 Å². The van der Waals surface area contributed by atoms with E-state index in [1.54, 1.807) is 23.4 Å². The summed E-state index contributed by atoms with van der Waals surface area (Å²) in [5, 5.41) is 7.03. The Kier molecular flexibility index (Phi) is 4.75. The average Bonchev–Trinajstić information content (AvgIpc) is 3.28. The first-order valence-electron chi connectivity index (χ1n) is 7.81. The van der Waals surface area contributed by atoms with Gasteiger partial charge in [0.05, 0.1) is 12.8 Å². The molecular weight excluding hydrogens is 296 g/mol. The molecule has 2 amide bonds. The van der Waals surface area contributed by atoms with Crippen LogP contribution in [0.2, 0.25) is 0 Å². The second kappa shape index (κ2) is 7.13. The van der Waals surface area contributed by atoms with Gasteiger partial charge in [-0.15, -0.1) is 0 Å². The summed E-state index contributed by atoms with van der Waals surface area (Å²) in [5.74, 6) is 0.595. The molecule has 122 valence electrons. The zero-order chi connectivity index (χ0) is 16.1.